The van der Waals surface area contributed by atoms with E-state index in [2.05, 4.69) is 0 Å². The van der Waals surface area contributed by atoms with E-state index in [1.807, 2.05) is 13.8 Å². The first-order valence-electron chi connectivity index (χ1n) is 5.06. The molecule has 0 radical (unpaired) electrons. The van der Waals surface area contributed by atoms with Crippen molar-refractivity contribution in [1.29, 1.82) is 0 Å². The highest BCUT2D eigenvalue weighted by Gasteiger charge is 2.15. The van der Waals surface area contributed by atoms with E-state index in [1.165, 1.54) is 0 Å². The Morgan fingerprint density at radius 3 is 1.44 bits per heavy atom. The van der Waals surface area contributed by atoms with Gasteiger partial charge in [-0.2, -0.15) is 0 Å². The van der Waals surface area contributed by atoms with Gasteiger partial charge in [0.15, 0.2) is 0 Å². The minimum atomic E-state index is -0.500. The van der Waals surface area contributed by atoms with Crippen LogP contribution in [0.5, 0.6) is 0 Å². The number of halogens is 2. The second-order valence-corrected chi connectivity index (χ2v) is 4.11. The molecule has 0 amide bonds. The molecule has 0 N–H and O–H groups in total. The van der Waals surface area contributed by atoms with Crippen molar-refractivity contribution in [1.82, 2.24) is 0 Å². The Bertz CT molecular complexity index is 397. The Morgan fingerprint density at radius 2 is 1.25 bits per heavy atom. The topological polar surface area (TPSA) is 34.1 Å². The zero-order valence-electron chi connectivity index (χ0n) is 9.14. The van der Waals surface area contributed by atoms with Crippen molar-refractivity contribution in [3.05, 3.63) is 34.4 Å². The quantitative estimate of drug-likeness (QED) is 0.774. The molecule has 0 bridgehead atoms. The van der Waals surface area contributed by atoms with Gasteiger partial charge in [-0.15, -0.1) is 0 Å². The molecule has 0 heterocycles. The molecule has 0 unspecified atom stereocenters. The first-order chi connectivity index (χ1) is 7.51. The molecule has 1 rings (SSSR count). The van der Waals surface area contributed by atoms with Crippen LogP contribution in [0.1, 0.15) is 45.7 Å². The van der Waals surface area contributed by atoms with Gasteiger partial charge in [0.25, 0.3) is 10.5 Å². The molecule has 0 atom stereocenters. The van der Waals surface area contributed by atoms with Gasteiger partial charge in [-0.25, -0.2) is 0 Å². The zero-order valence-corrected chi connectivity index (χ0v) is 10.7. The third-order valence-electron chi connectivity index (χ3n) is 2.51. The number of aryl methyl sites for hydroxylation is 2. The summed E-state index contributed by atoms with van der Waals surface area (Å²) in [6.45, 7) is 3.79. The molecule has 2 nitrogen and oxygen atoms in total. The summed E-state index contributed by atoms with van der Waals surface area (Å²) >= 11 is 11.0. The summed E-state index contributed by atoms with van der Waals surface area (Å²) in [5, 5.41) is -1.000. The van der Waals surface area contributed by atoms with Crippen molar-refractivity contribution in [2.45, 2.75) is 26.7 Å². The second kappa shape index (κ2) is 5.46. The molecule has 86 valence electrons. The smallest absolute Gasteiger partial charge is 0.252 e. The maximum Gasteiger partial charge on any atom is 0.252 e. The van der Waals surface area contributed by atoms with Gasteiger partial charge < -0.3 is 0 Å². The molecule has 0 saturated heterocycles. The molecular weight excluding hydrogens is 247 g/mol. The minimum Gasteiger partial charge on any atom is -0.276 e. The number of carbonyl (C=O) groups is 2. The number of hydrogen-bond donors (Lipinski definition) is 0. The van der Waals surface area contributed by atoms with Crippen molar-refractivity contribution < 1.29 is 9.59 Å². The fraction of sp³-hybridized carbons (Fsp3) is 0.333. The molecule has 0 aliphatic carbocycles. The van der Waals surface area contributed by atoms with Crippen LogP contribution in [0.15, 0.2) is 12.1 Å². The summed E-state index contributed by atoms with van der Waals surface area (Å²) in [7, 11) is 0. The lowest BCUT2D eigenvalue weighted by atomic mass is 9.96. The van der Waals surface area contributed by atoms with Crippen LogP contribution in [-0.4, -0.2) is 10.5 Å². The van der Waals surface area contributed by atoms with E-state index in [0.29, 0.717) is 24.0 Å². The van der Waals surface area contributed by atoms with E-state index in [9.17, 15) is 9.59 Å². The van der Waals surface area contributed by atoms with Gasteiger partial charge in [0.1, 0.15) is 0 Å². The molecular formula is C12H12Cl2O2. The van der Waals surface area contributed by atoms with Crippen LogP contribution in [0.25, 0.3) is 0 Å². The summed E-state index contributed by atoms with van der Waals surface area (Å²) in [6, 6.07) is 3.31. The van der Waals surface area contributed by atoms with Gasteiger partial charge in [-0.3, -0.25) is 9.59 Å². The Kier molecular flexibility index (Phi) is 4.51. The SMILES string of the molecule is CCc1cc(C(=O)Cl)c(CC)cc1C(=O)Cl. The van der Waals surface area contributed by atoms with Gasteiger partial charge in [-0.05, 0) is 59.3 Å². The van der Waals surface area contributed by atoms with Gasteiger partial charge in [0.2, 0.25) is 0 Å². The third-order valence-corrected chi connectivity index (χ3v) is 2.92. The Labute approximate surface area is 105 Å². The van der Waals surface area contributed by atoms with E-state index in [-0.39, 0.29) is 0 Å². The normalized spacial score (nSPS) is 10.2. The van der Waals surface area contributed by atoms with E-state index in [0.717, 1.165) is 11.1 Å². The first-order valence-corrected chi connectivity index (χ1v) is 5.82. The maximum absolute atomic E-state index is 11.2. The fourth-order valence-electron chi connectivity index (χ4n) is 1.64. The highest BCUT2D eigenvalue weighted by Crippen LogP contribution is 2.21. The van der Waals surface area contributed by atoms with Crippen molar-refractivity contribution in [2.24, 2.45) is 0 Å². The van der Waals surface area contributed by atoms with Crippen molar-refractivity contribution in [3.63, 3.8) is 0 Å². The lowest BCUT2D eigenvalue weighted by Gasteiger charge is -2.10. The lowest BCUT2D eigenvalue weighted by Crippen LogP contribution is -2.04. The van der Waals surface area contributed by atoms with Crippen LogP contribution in [0.3, 0.4) is 0 Å². The first kappa shape index (κ1) is 13.2. The molecule has 1 aromatic rings. The number of carbonyl (C=O) groups excluding carboxylic acids is 2. The number of hydrogen-bond acceptors (Lipinski definition) is 2. The Morgan fingerprint density at radius 1 is 0.938 bits per heavy atom. The second-order valence-electron chi connectivity index (χ2n) is 3.42. The maximum atomic E-state index is 11.2. The highest BCUT2D eigenvalue weighted by atomic mass is 35.5. The summed E-state index contributed by atoms with van der Waals surface area (Å²) in [4.78, 5) is 22.4. The molecule has 0 aliphatic rings. The molecule has 0 aliphatic heterocycles. The zero-order chi connectivity index (χ0) is 12.3. The van der Waals surface area contributed by atoms with Crippen LogP contribution in [-0.2, 0) is 12.8 Å². The lowest BCUT2D eigenvalue weighted by molar-refractivity contribution is 0.106. The average Bonchev–Trinajstić information content (AvgIpc) is 2.26. The molecule has 0 fully saturated rings. The van der Waals surface area contributed by atoms with Crippen molar-refractivity contribution in [2.75, 3.05) is 0 Å². The van der Waals surface area contributed by atoms with Crippen molar-refractivity contribution >= 4 is 33.7 Å². The standard InChI is InChI=1S/C12H12Cl2O2/c1-3-7-5-10(12(14)16)8(4-2)6-9(7)11(13)15/h5-6H,3-4H2,1-2H3. The summed E-state index contributed by atoms with van der Waals surface area (Å²) in [5.74, 6) is 0. The van der Waals surface area contributed by atoms with E-state index in [1.54, 1.807) is 12.1 Å². The average molecular weight is 259 g/mol. The van der Waals surface area contributed by atoms with Crippen LogP contribution >= 0.6 is 23.2 Å². The fourth-order valence-corrected chi connectivity index (χ4v) is 1.99. The Hall–Kier alpha value is -0.860. The van der Waals surface area contributed by atoms with E-state index in [4.69, 9.17) is 23.2 Å². The molecule has 4 heteroatoms. The van der Waals surface area contributed by atoms with Gasteiger partial charge in [0, 0.05) is 11.1 Å². The summed E-state index contributed by atoms with van der Waals surface area (Å²) in [5.41, 5.74) is 2.42. The largest absolute Gasteiger partial charge is 0.276 e. The van der Waals surface area contributed by atoms with Crippen molar-refractivity contribution in [3.8, 4) is 0 Å². The molecule has 0 aromatic heterocycles. The van der Waals surface area contributed by atoms with Crippen LogP contribution in [0.4, 0.5) is 0 Å². The minimum absolute atomic E-state index is 0.461. The molecule has 1 aromatic carbocycles. The Balaban J connectivity index is 3.46. The third kappa shape index (κ3) is 2.63. The summed E-state index contributed by atoms with van der Waals surface area (Å²) < 4.78 is 0. The summed E-state index contributed by atoms with van der Waals surface area (Å²) in [6.07, 6.45) is 1.27. The van der Waals surface area contributed by atoms with E-state index >= 15 is 0 Å². The monoisotopic (exact) mass is 258 g/mol. The van der Waals surface area contributed by atoms with Gasteiger partial charge in [-0.1, -0.05) is 13.8 Å². The van der Waals surface area contributed by atoms with Gasteiger partial charge >= 0.3 is 0 Å². The highest BCUT2D eigenvalue weighted by molar-refractivity contribution is 6.68. The van der Waals surface area contributed by atoms with Gasteiger partial charge in [0.05, 0.1) is 0 Å². The number of rotatable bonds is 4. The molecule has 0 saturated carbocycles. The molecule has 16 heavy (non-hydrogen) atoms. The number of benzene rings is 1. The predicted octanol–water partition coefficient (Wildman–Crippen LogP) is 3.57. The van der Waals surface area contributed by atoms with Crippen LogP contribution in [0, 0.1) is 0 Å². The molecule has 0 spiro atoms. The predicted molar refractivity (Wildman–Crippen MR) is 65.6 cm³/mol. The van der Waals surface area contributed by atoms with Crippen LogP contribution < -0.4 is 0 Å². The van der Waals surface area contributed by atoms with Crippen LogP contribution in [0.2, 0.25) is 0 Å². The van der Waals surface area contributed by atoms with E-state index < -0.39 is 10.5 Å².